The molecule has 3 rings (SSSR count). The fourth-order valence-corrected chi connectivity index (χ4v) is 2.40. The van der Waals surface area contributed by atoms with Crippen molar-refractivity contribution in [3.8, 4) is 0 Å². The van der Waals surface area contributed by atoms with Gasteiger partial charge in [-0.05, 0) is 30.3 Å². The average Bonchev–Trinajstić information content (AvgIpc) is 2.89. The van der Waals surface area contributed by atoms with Gasteiger partial charge in [-0.1, -0.05) is 34.1 Å². The molecule has 0 bridgehead atoms. The van der Waals surface area contributed by atoms with E-state index in [2.05, 4.69) is 31.3 Å². The predicted molar refractivity (Wildman–Crippen MR) is 89.8 cm³/mol. The van der Waals surface area contributed by atoms with E-state index in [1.165, 1.54) is 10.7 Å². The summed E-state index contributed by atoms with van der Waals surface area (Å²) in [5, 5.41) is 7.35. The zero-order chi connectivity index (χ0) is 16.2. The number of nitrogens with one attached hydrogen (secondary N) is 2. The lowest BCUT2D eigenvalue weighted by molar-refractivity contribution is 0.576. The van der Waals surface area contributed by atoms with E-state index in [0.717, 1.165) is 10.2 Å². The Morgan fingerprint density at radius 2 is 1.91 bits per heavy atom. The Hall–Kier alpha value is -2.41. The van der Waals surface area contributed by atoms with Crippen LogP contribution in [-0.4, -0.2) is 14.8 Å². The van der Waals surface area contributed by atoms with Gasteiger partial charge in [0.2, 0.25) is 0 Å². The summed E-state index contributed by atoms with van der Waals surface area (Å²) in [6.07, 6.45) is 0. The largest absolute Gasteiger partial charge is 0.378 e. The zero-order valence-electron chi connectivity index (χ0n) is 12.1. The molecular weight excluding hydrogens is 363 g/mol. The monoisotopic (exact) mass is 376 g/mol. The molecule has 0 aliphatic carbocycles. The topological polar surface area (TPSA) is 62.7 Å². The molecule has 0 spiro atoms. The van der Waals surface area contributed by atoms with Crippen LogP contribution in [0.15, 0.2) is 57.8 Å². The molecule has 0 amide bonds. The average molecular weight is 377 g/mol. The maximum Gasteiger partial charge on any atom is 0.343 e. The lowest BCUT2D eigenvalue weighted by Gasteiger charge is -2.04. The molecule has 0 saturated carbocycles. The van der Waals surface area contributed by atoms with Gasteiger partial charge in [0, 0.05) is 15.7 Å². The van der Waals surface area contributed by atoms with E-state index in [0.29, 0.717) is 17.9 Å². The molecule has 5 nitrogen and oxygen atoms in total. The normalized spacial score (nSPS) is 10.7. The molecule has 0 atom stereocenters. The zero-order valence-corrected chi connectivity index (χ0v) is 13.7. The van der Waals surface area contributed by atoms with Crippen molar-refractivity contribution >= 4 is 21.6 Å². The molecule has 0 unspecified atom stereocenters. The molecule has 2 aromatic carbocycles. The highest BCUT2D eigenvalue weighted by Crippen LogP contribution is 2.14. The van der Waals surface area contributed by atoms with Crippen molar-refractivity contribution in [2.75, 3.05) is 5.32 Å². The van der Waals surface area contributed by atoms with Crippen molar-refractivity contribution in [2.45, 2.75) is 13.1 Å². The Morgan fingerprint density at radius 3 is 2.65 bits per heavy atom. The van der Waals surface area contributed by atoms with Crippen LogP contribution in [0.5, 0.6) is 0 Å². The van der Waals surface area contributed by atoms with E-state index in [1.807, 2.05) is 24.3 Å². The first-order valence-electron chi connectivity index (χ1n) is 7.00. The van der Waals surface area contributed by atoms with E-state index in [-0.39, 0.29) is 18.1 Å². The lowest BCUT2D eigenvalue weighted by Crippen LogP contribution is -2.19. The van der Waals surface area contributed by atoms with Gasteiger partial charge in [0.15, 0.2) is 0 Å². The van der Waals surface area contributed by atoms with Gasteiger partial charge >= 0.3 is 5.69 Å². The van der Waals surface area contributed by atoms with Crippen LogP contribution in [0.2, 0.25) is 0 Å². The van der Waals surface area contributed by atoms with E-state index in [4.69, 9.17) is 0 Å². The highest BCUT2D eigenvalue weighted by atomic mass is 79.9. The number of benzene rings is 2. The van der Waals surface area contributed by atoms with Crippen LogP contribution in [0.4, 0.5) is 10.1 Å². The Kier molecular flexibility index (Phi) is 4.57. The molecule has 2 N–H and O–H groups in total. The smallest absolute Gasteiger partial charge is 0.343 e. The second-order valence-electron chi connectivity index (χ2n) is 4.99. The molecule has 3 aromatic rings. The number of aromatic nitrogens is 3. The minimum absolute atomic E-state index is 0.0975. The third kappa shape index (κ3) is 3.87. The third-order valence-corrected chi connectivity index (χ3v) is 3.84. The summed E-state index contributed by atoms with van der Waals surface area (Å²) in [4.78, 5) is 14.6. The minimum atomic E-state index is -0.360. The van der Waals surface area contributed by atoms with Crippen LogP contribution in [0, 0.1) is 5.82 Å². The van der Waals surface area contributed by atoms with E-state index >= 15 is 0 Å². The first kappa shape index (κ1) is 15.5. The van der Waals surface area contributed by atoms with Gasteiger partial charge in [0.05, 0.1) is 13.1 Å². The summed E-state index contributed by atoms with van der Waals surface area (Å²) >= 11 is 3.37. The molecule has 0 radical (unpaired) electrons. The van der Waals surface area contributed by atoms with Crippen LogP contribution in [0.3, 0.4) is 0 Å². The fraction of sp³-hybridized carbons (Fsp3) is 0.125. The third-order valence-electron chi connectivity index (χ3n) is 3.31. The number of rotatable bonds is 5. The van der Waals surface area contributed by atoms with Crippen LogP contribution < -0.4 is 11.0 Å². The van der Waals surface area contributed by atoms with Gasteiger partial charge in [0.1, 0.15) is 11.6 Å². The summed E-state index contributed by atoms with van der Waals surface area (Å²) < 4.78 is 15.9. The van der Waals surface area contributed by atoms with Crippen molar-refractivity contribution in [1.29, 1.82) is 0 Å². The van der Waals surface area contributed by atoms with Gasteiger partial charge in [-0.2, -0.15) is 5.10 Å². The summed E-state index contributed by atoms with van der Waals surface area (Å²) in [5.41, 5.74) is 0.979. The lowest BCUT2D eigenvalue weighted by atomic mass is 10.2. The first-order chi connectivity index (χ1) is 11.1. The van der Waals surface area contributed by atoms with Crippen molar-refractivity contribution in [2.24, 2.45) is 0 Å². The molecule has 1 aromatic heterocycles. The number of H-pyrrole nitrogens is 1. The highest BCUT2D eigenvalue weighted by molar-refractivity contribution is 9.10. The van der Waals surface area contributed by atoms with Crippen molar-refractivity contribution in [1.82, 2.24) is 14.8 Å². The molecule has 118 valence electrons. The van der Waals surface area contributed by atoms with Crippen molar-refractivity contribution < 1.29 is 4.39 Å². The first-order valence-corrected chi connectivity index (χ1v) is 7.80. The van der Waals surface area contributed by atoms with E-state index < -0.39 is 0 Å². The molecule has 0 aliphatic rings. The second kappa shape index (κ2) is 6.78. The van der Waals surface area contributed by atoms with Gasteiger partial charge in [-0.15, -0.1) is 0 Å². The quantitative estimate of drug-likeness (QED) is 0.718. The summed E-state index contributed by atoms with van der Waals surface area (Å²) in [7, 11) is 0. The number of hydrogen-bond donors (Lipinski definition) is 2. The summed E-state index contributed by atoms with van der Waals surface area (Å²) in [6.45, 7) is 0.474. The highest BCUT2D eigenvalue weighted by Gasteiger charge is 2.08. The summed E-state index contributed by atoms with van der Waals surface area (Å²) in [6, 6.07) is 14.0. The molecule has 0 saturated heterocycles. The Morgan fingerprint density at radius 1 is 1.17 bits per heavy atom. The second-order valence-corrected chi connectivity index (χ2v) is 5.90. The maximum atomic E-state index is 13.6. The number of anilines is 1. The fourth-order valence-electron chi connectivity index (χ4n) is 2.13. The molecule has 1 heterocycles. The Labute approximate surface area is 140 Å². The van der Waals surface area contributed by atoms with Crippen LogP contribution in [0.25, 0.3) is 0 Å². The van der Waals surface area contributed by atoms with Crippen molar-refractivity contribution in [3.05, 3.63) is 80.7 Å². The molecular formula is C16H14BrFN4O. The number of halogens is 2. The Bertz CT molecular complexity index is 857. The van der Waals surface area contributed by atoms with Crippen molar-refractivity contribution in [3.63, 3.8) is 0 Å². The SMILES string of the molecule is O=c1[nH]c(CNc2ccc(Br)cc2)nn1Cc1ccccc1F. The number of hydrogen-bond acceptors (Lipinski definition) is 3. The molecule has 23 heavy (non-hydrogen) atoms. The molecule has 0 aliphatic heterocycles. The van der Waals surface area contributed by atoms with Crippen LogP contribution >= 0.6 is 15.9 Å². The number of nitrogens with zero attached hydrogens (tertiary/aromatic N) is 2. The van der Waals surface area contributed by atoms with Gasteiger partial charge in [0.25, 0.3) is 0 Å². The van der Waals surface area contributed by atoms with Gasteiger partial charge in [-0.25, -0.2) is 13.9 Å². The van der Waals surface area contributed by atoms with Gasteiger partial charge in [-0.3, -0.25) is 4.98 Å². The predicted octanol–water partition coefficient (Wildman–Crippen LogP) is 3.13. The molecule has 0 fully saturated rings. The summed E-state index contributed by atoms with van der Waals surface area (Å²) in [5.74, 6) is 0.145. The van der Waals surface area contributed by atoms with E-state index in [1.54, 1.807) is 18.2 Å². The standard InChI is InChI=1S/C16H14BrFN4O/c17-12-5-7-13(8-6-12)19-9-15-20-16(23)22(21-15)10-11-3-1-2-4-14(11)18/h1-8,19H,9-10H2,(H,20,21,23). The Balaban J connectivity index is 1.70. The van der Waals surface area contributed by atoms with E-state index in [9.17, 15) is 9.18 Å². The molecule has 7 heteroatoms. The number of aromatic amines is 1. The minimum Gasteiger partial charge on any atom is -0.378 e. The van der Waals surface area contributed by atoms with Crippen LogP contribution in [-0.2, 0) is 13.1 Å². The maximum absolute atomic E-state index is 13.6. The van der Waals surface area contributed by atoms with Gasteiger partial charge < -0.3 is 5.32 Å². The van der Waals surface area contributed by atoms with Crippen LogP contribution in [0.1, 0.15) is 11.4 Å².